The van der Waals surface area contributed by atoms with E-state index in [9.17, 15) is 4.79 Å². The number of rotatable bonds is 4. The summed E-state index contributed by atoms with van der Waals surface area (Å²) < 4.78 is 0. The maximum atomic E-state index is 11.0. The number of nitrogens with zero attached hydrogens (tertiary/aromatic N) is 1. The van der Waals surface area contributed by atoms with Crippen molar-refractivity contribution in [2.75, 3.05) is 5.88 Å². The molecule has 1 heterocycles. The molecule has 0 radical (unpaired) electrons. The van der Waals surface area contributed by atoms with Crippen LogP contribution in [0.2, 0.25) is 0 Å². The van der Waals surface area contributed by atoms with Gasteiger partial charge in [0.25, 0.3) is 0 Å². The number of hydrogen-bond donors (Lipinski definition) is 1. The number of amides is 1. The second kappa shape index (κ2) is 6.06. The molecule has 1 aliphatic rings. The third-order valence-corrected chi connectivity index (χ3v) is 2.69. The lowest BCUT2D eigenvalue weighted by Crippen LogP contribution is -2.23. The van der Waals surface area contributed by atoms with Gasteiger partial charge in [-0.1, -0.05) is 0 Å². The first-order valence-corrected chi connectivity index (χ1v) is 5.60. The minimum atomic E-state index is -0.138. The topological polar surface area (TPSA) is 42.0 Å². The molecule has 0 atom stereocenters. The minimum Gasteiger partial charge on any atom is -0.351 e. The van der Waals surface area contributed by atoms with Crippen LogP contribution in [0.5, 0.6) is 0 Å². The summed E-state index contributed by atoms with van der Waals surface area (Å²) >= 11 is 5.39. The summed E-state index contributed by atoms with van der Waals surface area (Å²) in [6, 6.07) is 3.98. The number of hydrogen-bond acceptors (Lipinski definition) is 2. The first kappa shape index (κ1) is 13.3. The Hall–Kier alpha value is -0.800. The molecule has 0 bridgehead atoms. The predicted octanol–water partition coefficient (Wildman–Crippen LogP) is 2.24. The Labute approximate surface area is 106 Å². The summed E-state index contributed by atoms with van der Waals surface area (Å²) in [5, 5.41) is 2.74. The van der Waals surface area contributed by atoms with E-state index in [1.807, 2.05) is 6.07 Å². The zero-order valence-corrected chi connectivity index (χ0v) is 10.4. The van der Waals surface area contributed by atoms with E-state index in [0.717, 1.165) is 11.3 Å². The standard InChI is InChI=1S/C11H13ClN2O.ClH/c12-6-11(15)14-7-8-3-4-13-10(5-8)9-1-2-9;/h3-5,9H,1-2,6-7H2,(H,14,15);1H. The van der Waals surface area contributed by atoms with Crippen LogP contribution >= 0.6 is 24.0 Å². The third-order valence-electron chi connectivity index (χ3n) is 2.45. The molecule has 1 fully saturated rings. The molecule has 1 aromatic heterocycles. The highest BCUT2D eigenvalue weighted by Gasteiger charge is 2.24. The van der Waals surface area contributed by atoms with Gasteiger partial charge in [0.15, 0.2) is 0 Å². The highest BCUT2D eigenvalue weighted by Crippen LogP contribution is 2.38. The molecule has 1 aromatic rings. The molecular formula is C11H14Cl2N2O. The lowest BCUT2D eigenvalue weighted by atomic mass is 10.2. The Balaban J connectivity index is 0.00000128. The summed E-state index contributed by atoms with van der Waals surface area (Å²) in [5.41, 5.74) is 2.23. The molecule has 88 valence electrons. The van der Waals surface area contributed by atoms with Crippen LogP contribution in [0.1, 0.15) is 30.0 Å². The lowest BCUT2D eigenvalue weighted by Gasteiger charge is -2.04. The highest BCUT2D eigenvalue weighted by atomic mass is 35.5. The number of carbonyl (C=O) groups is 1. The molecule has 2 rings (SSSR count). The molecule has 3 nitrogen and oxygen atoms in total. The first-order chi connectivity index (χ1) is 7.29. The van der Waals surface area contributed by atoms with Gasteiger partial charge in [-0.2, -0.15) is 0 Å². The summed E-state index contributed by atoms with van der Waals surface area (Å²) in [7, 11) is 0. The molecule has 0 aliphatic heterocycles. The van der Waals surface area contributed by atoms with Crippen LogP contribution in [-0.2, 0) is 11.3 Å². The van der Waals surface area contributed by atoms with Crippen molar-refractivity contribution in [3.63, 3.8) is 0 Å². The zero-order valence-electron chi connectivity index (χ0n) is 8.78. The van der Waals surface area contributed by atoms with Gasteiger partial charge >= 0.3 is 0 Å². The van der Waals surface area contributed by atoms with Gasteiger partial charge in [-0.3, -0.25) is 9.78 Å². The van der Waals surface area contributed by atoms with Gasteiger partial charge in [0.1, 0.15) is 5.88 Å². The predicted molar refractivity (Wildman–Crippen MR) is 66.0 cm³/mol. The molecule has 0 spiro atoms. The Morgan fingerprint density at radius 2 is 2.31 bits per heavy atom. The fourth-order valence-electron chi connectivity index (χ4n) is 1.45. The Bertz CT molecular complexity index is 367. The molecule has 1 aliphatic carbocycles. The van der Waals surface area contributed by atoms with Crippen molar-refractivity contribution in [1.82, 2.24) is 10.3 Å². The van der Waals surface area contributed by atoms with Gasteiger partial charge in [0, 0.05) is 24.4 Å². The van der Waals surface area contributed by atoms with Crippen molar-refractivity contribution >= 4 is 29.9 Å². The summed E-state index contributed by atoms with van der Waals surface area (Å²) in [6.45, 7) is 0.536. The lowest BCUT2D eigenvalue weighted by molar-refractivity contribution is -0.118. The number of aromatic nitrogens is 1. The first-order valence-electron chi connectivity index (χ1n) is 5.07. The fraction of sp³-hybridized carbons (Fsp3) is 0.455. The van der Waals surface area contributed by atoms with E-state index in [1.54, 1.807) is 6.20 Å². The van der Waals surface area contributed by atoms with E-state index in [1.165, 1.54) is 12.8 Å². The quantitative estimate of drug-likeness (QED) is 0.844. The van der Waals surface area contributed by atoms with Crippen molar-refractivity contribution in [3.8, 4) is 0 Å². The van der Waals surface area contributed by atoms with Crippen molar-refractivity contribution in [1.29, 1.82) is 0 Å². The molecular weight excluding hydrogens is 247 g/mol. The van der Waals surface area contributed by atoms with Crippen LogP contribution in [0, 0.1) is 0 Å². The monoisotopic (exact) mass is 260 g/mol. The van der Waals surface area contributed by atoms with Crippen molar-refractivity contribution in [3.05, 3.63) is 29.6 Å². The van der Waals surface area contributed by atoms with Crippen molar-refractivity contribution < 1.29 is 4.79 Å². The van der Waals surface area contributed by atoms with Crippen LogP contribution in [0.25, 0.3) is 0 Å². The van der Waals surface area contributed by atoms with Crippen LogP contribution in [0.3, 0.4) is 0 Å². The molecule has 1 N–H and O–H groups in total. The van der Waals surface area contributed by atoms with E-state index in [0.29, 0.717) is 12.5 Å². The third kappa shape index (κ3) is 3.65. The van der Waals surface area contributed by atoms with Gasteiger partial charge in [-0.25, -0.2) is 0 Å². The average Bonchev–Trinajstić information content (AvgIpc) is 3.10. The average molecular weight is 261 g/mol. The normalized spacial score (nSPS) is 14.1. The largest absolute Gasteiger partial charge is 0.351 e. The van der Waals surface area contributed by atoms with E-state index in [-0.39, 0.29) is 24.2 Å². The van der Waals surface area contributed by atoms with Crippen LogP contribution in [0.4, 0.5) is 0 Å². The van der Waals surface area contributed by atoms with Gasteiger partial charge in [0.2, 0.25) is 5.91 Å². The number of pyridine rings is 1. The van der Waals surface area contributed by atoms with Crippen molar-refractivity contribution in [2.45, 2.75) is 25.3 Å². The SMILES string of the molecule is Cl.O=C(CCl)NCc1ccnc(C2CC2)c1. The second-order valence-corrected chi connectivity index (χ2v) is 4.04. The van der Waals surface area contributed by atoms with Crippen LogP contribution in [-0.4, -0.2) is 16.8 Å². The van der Waals surface area contributed by atoms with Crippen LogP contribution < -0.4 is 5.32 Å². The van der Waals surface area contributed by atoms with Crippen LogP contribution in [0.15, 0.2) is 18.3 Å². The number of carbonyl (C=O) groups excluding carboxylic acids is 1. The molecule has 16 heavy (non-hydrogen) atoms. The van der Waals surface area contributed by atoms with E-state index < -0.39 is 0 Å². The Morgan fingerprint density at radius 3 is 2.94 bits per heavy atom. The zero-order chi connectivity index (χ0) is 10.7. The smallest absolute Gasteiger partial charge is 0.235 e. The molecule has 1 saturated carbocycles. The maximum absolute atomic E-state index is 11.0. The second-order valence-electron chi connectivity index (χ2n) is 3.77. The minimum absolute atomic E-state index is 0. The summed E-state index contributed by atoms with van der Waals surface area (Å²) in [5.74, 6) is 0.524. The molecule has 5 heteroatoms. The highest BCUT2D eigenvalue weighted by molar-refractivity contribution is 6.27. The Kier molecular flexibility index (Phi) is 5.03. The van der Waals surface area contributed by atoms with Gasteiger partial charge < -0.3 is 5.32 Å². The fourth-order valence-corrected chi connectivity index (χ4v) is 1.55. The van der Waals surface area contributed by atoms with Gasteiger partial charge in [-0.05, 0) is 30.5 Å². The number of halogens is 2. The Morgan fingerprint density at radius 1 is 1.56 bits per heavy atom. The molecule has 0 aromatic carbocycles. The summed E-state index contributed by atoms with van der Waals surface area (Å²) in [6.07, 6.45) is 4.28. The van der Waals surface area contributed by atoms with Gasteiger partial charge in [0.05, 0.1) is 0 Å². The number of nitrogens with one attached hydrogen (secondary N) is 1. The summed E-state index contributed by atoms with van der Waals surface area (Å²) in [4.78, 5) is 15.3. The van der Waals surface area contributed by atoms with E-state index in [2.05, 4.69) is 16.4 Å². The molecule has 0 unspecified atom stereocenters. The number of alkyl halides is 1. The van der Waals surface area contributed by atoms with Gasteiger partial charge in [-0.15, -0.1) is 24.0 Å². The van der Waals surface area contributed by atoms with Crippen molar-refractivity contribution in [2.24, 2.45) is 0 Å². The maximum Gasteiger partial charge on any atom is 0.235 e. The van der Waals surface area contributed by atoms with E-state index >= 15 is 0 Å². The van der Waals surface area contributed by atoms with E-state index in [4.69, 9.17) is 11.6 Å². The molecule has 0 saturated heterocycles. The molecule has 1 amide bonds.